The van der Waals surface area contributed by atoms with Gasteiger partial charge in [-0.05, 0) is 12.1 Å². The summed E-state index contributed by atoms with van der Waals surface area (Å²) in [5, 5.41) is 0.00301. The molecule has 0 saturated heterocycles. The topological polar surface area (TPSA) is 43.1 Å². The van der Waals surface area contributed by atoms with E-state index in [1.807, 2.05) is 0 Å². The minimum Gasteiger partial charge on any atom is -0.398 e. The van der Waals surface area contributed by atoms with Gasteiger partial charge in [0.25, 0.3) is 0 Å². The van der Waals surface area contributed by atoms with Crippen LogP contribution in [0.2, 0.25) is 0 Å². The lowest BCUT2D eigenvalue weighted by Gasteiger charge is -2.00. The minimum absolute atomic E-state index is 0.00301. The second-order valence-electron chi connectivity index (χ2n) is 3.22. The van der Waals surface area contributed by atoms with Crippen LogP contribution < -0.4 is 5.73 Å². The quantitative estimate of drug-likeness (QED) is 0.502. The molecule has 2 N–H and O–H groups in total. The van der Waals surface area contributed by atoms with Gasteiger partial charge >= 0.3 is 0 Å². The van der Waals surface area contributed by atoms with Crippen molar-refractivity contribution in [2.24, 2.45) is 0 Å². The van der Waals surface area contributed by atoms with Gasteiger partial charge in [-0.2, -0.15) is 0 Å². The highest BCUT2D eigenvalue weighted by Crippen LogP contribution is 2.17. The van der Waals surface area contributed by atoms with Crippen LogP contribution in [0.25, 0.3) is 0 Å². The summed E-state index contributed by atoms with van der Waals surface area (Å²) in [6.07, 6.45) is 0.416. The molecule has 17 heavy (non-hydrogen) atoms. The molecule has 0 fully saturated rings. The highest BCUT2D eigenvalue weighted by Gasteiger charge is 2.09. The van der Waals surface area contributed by atoms with Gasteiger partial charge in [-0.3, -0.25) is 4.79 Å². The zero-order valence-corrected chi connectivity index (χ0v) is 10.0. The number of hydrogen-bond donors (Lipinski definition) is 1. The Hall–Kier alpha value is -1.54. The third-order valence-electron chi connectivity index (χ3n) is 1.87. The Morgan fingerprint density at radius 3 is 2.82 bits per heavy atom. The second-order valence-corrected chi connectivity index (χ2v) is 4.49. The van der Waals surface area contributed by atoms with Gasteiger partial charge in [-0.1, -0.05) is 23.6 Å². The van der Waals surface area contributed by atoms with Crippen molar-refractivity contribution >= 4 is 22.6 Å². The Balaban J connectivity index is 2.72. The molecule has 1 rings (SSSR count). The highest BCUT2D eigenvalue weighted by molar-refractivity contribution is 8.13. The molecule has 0 aliphatic rings. The van der Waals surface area contributed by atoms with Gasteiger partial charge in [-0.15, -0.1) is 0 Å². The Kier molecular flexibility index (Phi) is 4.98. The molecule has 5 heteroatoms. The number of carbonyl (C=O) groups excluding carboxylic acids is 1. The van der Waals surface area contributed by atoms with E-state index in [4.69, 9.17) is 5.73 Å². The number of thioether (sulfide) groups is 1. The number of halogens is 2. The predicted molar refractivity (Wildman–Crippen MR) is 65.4 cm³/mol. The van der Waals surface area contributed by atoms with Crippen LogP contribution in [0.15, 0.2) is 12.1 Å². The first kappa shape index (κ1) is 13.5. The molecule has 0 atom stereocenters. The van der Waals surface area contributed by atoms with Gasteiger partial charge in [0.15, 0.2) is 16.7 Å². The molecule has 2 nitrogen and oxygen atoms in total. The summed E-state index contributed by atoms with van der Waals surface area (Å²) >= 11 is 1.14. The predicted octanol–water partition coefficient (Wildman–Crippen LogP) is 2.57. The fourth-order valence-electron chi connectivity index (χ4n) is 1.09. The molecule has 0 spiro atoms. The molecule has 0 aliphatic carbocycles. The SMILES string of the molecule is CC(=O)SCCC#Cc1c(N)ccc(F)c1F. The Morgan fingerprint density at radius 2 is 2.18 bits per heavy atom. The average molecular weight is 255 g/mol. The zero-order chi connectivity index (χ0) is 12.8. The van der Waals surface area contributed by atoms with E-state index < -0.39 is 11.6 Å². The first-order chi connectivity index (χ1) is 8.02. The number of hydrogen-bond acceptors (Lipinski definition) is 3. The van der Waals surface area contributed by atoms with E-state index in [0.29, 0.717) is 12.2 Å². The first-order valence-corrected chi connectivity index (χ1v) is 5.86. The zero-order valence-electron chi connectivity index (χ0n) is 9.22. The van der Waals surface area contributed by atoms with Crippen LogP contribution in [0.3, 0.4) is 0 Å². The summed E-state index contributed by atoms with van der Waals surface area (Å²) in [4.78, 5) is 10.6. The smallest absolute Gasteiger partial charge is 0.185 e. The van der Waals surface area contributed by atoms with Gasteiger partial charge in [0.2, 0.25) is 0 Å². The van der Waals surface area contributed by atoms with Gasteiger partial charge in [0, 0.05) is 19.1 Å². The fraction of sp³-hybridized carbons (Fsp3) is 0.250. The molecular formula is C12H11F2NOS. The molecular weight excluding hydrogens is 244 g/mol. The van der Waals surface area contributed by atoms with Gasteiger partial charge in [-0.25, -0.2) is 8.78 Å². The van der Waals surface area contributed by atoms with E-state index in [0.717, 1.165) is 17.8 Å². The van der Waals surface area contributed by atoms with Crippen LogP contribution in [0.5, 0.6) is 0 Å². The van der Waals surface area contributed by atoms with Crippen LogP contribution in [0.1, 0.15) is 18.9 Å². The Morgan fingerprint density at radius 1 is 1.47 bits per heavy atom. The standard InChI is InChI=1S/C12H11F2NOS/c1-8(16)17-7-3-2-4-9-11(15)6-5-10(13)12(9)14/h5-6H,3,7,15H2,1H3. The molecule has 0 radical (unpaired) electrons. The van der Waals surface area contributed by atoms with E-state index in [1.165, 1.54) is 13.0 Å². The Bertz CT molecular complexity index is 491. The summed E-state index contributed by atoms with van der Waals surface area (Å²) in [7, 11) is 0. The van der Waals surface area contributed by atoms with Gasteiger partial charge < -0.3 is 5.73 Å². The van der Waals surface area contributed by atoms with E-state index in [2.05, 4.69) is 11.8 Å². The molecule has 0 bridgehead atoms. The average Bonchev–Trinajstić information content (AvgIpc) is 2.27. The molecule has 0 aromatic heterocycles. The van der Waals surface area contributed by atoms with Crippen molar-refractivity contribution in [3.63, 3.8) is 0 Å². The molecule has 1 aromatic carbocycles. The normalized spacial score (nSPS) is 9.59. The van der Waals surface area contributed by atoms with E-state index in [9.17, 15) is 13.6 Å². The van der Waals surface area contributed by atoms with Crippen molar-refractivity contribution in [2.45, 2.75) is 13.3 Å². The molecule has 0 saturated carbocycles. The maximum atomic E-state index is 13.3. The van der Waals surface area contributed by atoms with Crippen molar-refractivity contribution in [3.8, 4) is 11.8 Å². The summed E-state index contributed by atoms with van der Waals surface area (Å²) in [5.74, 6) is 3.66. The monoisotopic (exact) mass is 255 g/mol. The van der Waals surface area contributed by atoms with Crippen molar-refractivity contribution in [3.05, 3.63) is 29.3 Å². The van der Waals surface area contributed by atoms with Crippen molar-refractivity contribution < 1.29 is 13.6 Å². The molecule has 90 valence electrons. The maximum Gasteiger partial charge on any atom is 0.185 e. The second kappa shape index (κ2) is 6.26. The molecule has 0 aliphatic heterocycles. The van der Waals surface area contributed by atoms with Crippen LogP contribution in [0.4, 0.5) is 14.5 Å². The molecule has 0 amide bonds. The summed E-state index contributed by atoms with van der Waals surface area (Å²) in [6.45, 7) is 1.46. The third-order valence-corrected chi connectivity index (χ3v) is 2.69. The number of nitrogens with two attached hydrogens (primary N) is 1. The van der Waals surface area contributed by atoms with E-state index in [-0.39, 0.29) is 16.4 Å². The fourth-order valence-corrected chi connectivity index (χ4v) is 1.58. The first-order valence-electron chi connectivity index (χ1n) is 4.88. The highest BCUT2D eigenvalue weighted by atomic mass is 32.2. The summed E-state index contributed by atoms with van der Waals surface area (Å²) in [5.41, 5.74) is 5.46. The molecule has 0 heterocycles. The lowest BCUT2D eigenvalue weighted by atomic mass is 10.1. The number of anilines is 1. The number of carbonyl (C=O) groups is 1. The summed E-state index contributed by atoms with van der Waals surface area (Å²) < 4.78 is 26.2. The van der Waals surface area contributed by atoms with Crippen molar-refractivity contribution in [2.75, 3.05) is 11.5 Å². The van der Waals surface area contributed by atoms with Crippen molar-refractivity contribution in [1.29, 1.82) is 0 Å². The molecule has 1 aromatic rings. The summed E-state index contributed by atoms with van der Waals surface area (Å²) in [6, 6.07) is 2.23. The number of rotatable bonds is 2. The third kappa shape index (κ3) is 4.08. The van der Waals surface area contributed by atoms with Gasteiger partial charge in [0.1, 0.15) is 0 Å². The van der Waals surface area contributed by atoms with Crippen LogP contribution >= 0.6 is 11.8 Å². The largest absolute Gasteiger partial charge is 0.398 e. The van der Waals surface area contributed by atoms with Crippen LogP contribution in [-0.4, -0.2) is 10.9 Å². The van der Waals surface area contributed by atoms with Gasteiger partial charge in [0.05, 0.1) is 11.3 Å². The maximum absolute atomic E-state index is 13.3. The van der Waals surface area contributed by atoms with E-state index >= 15 is 0 Å². The minimum atomic E-state index is -1.03. The lowest BCUT2D eigenvalue weighted by Crippen LogP contribution is -1.97. The van der Waals surface area contributed by atoms with E-state index in [1.54, 1.807) is 0 Å². The lowest BCUT2D eigenvalue weighted by molar-refractivity contribution is -0.109. The number of nitrogen functional groups attached to an aromatic ring is 1. The van der Waals surface area contributed by atoms with Crippen LogP contribution in [-0.2, 0) is 4.79 Å². The van der Waals surface area contributed by atoms with Crippen LogP contribution in [0, 0.1) is 23.5 Å². The molecule has 0 unspecified atom stereocenters. The van der Waals surface area contributed by atoms with Crippen molar-refractivity contribution in [1.82, 2.24) is 0 Å². The Labute approximate surface area is 103 Å². The number of benzene rings is 1.